The Hall–Kier alpha value is -1.70. The zero-order valence-corrected chi connectivity index (χ0v) is 17.5. The number of hydrogen-bond donors (Lipinski definition) is 0. The molecule has 27 heavy (non-hydrogen) atoms. The Bertz CT molecular complexity index is 811. The monoisotopic (exact) mass is 394 g/mol. The summed E-state index contributed by atoms with van der Waals surface area (Å²) < 4.78 is 24.7. The van der Waals surface area contributed by atoms with Crippen LogP contribution in [0.5, 0.6) is 0 Å². The molecule has 1 amide bonds. The van der Waals surface area contributed by atoms with Gasteiger partial charge in [0.05, 0.1) is 11.9 Å². The third-order valence-corrected chi connectivity index (χ3v) is 6.41. The number of carbonyl (C=O) groups excluding carboxylic acids is 1. The maximum absolute atomic E-state index is 12.7. The largest absolute Gasteiger partial charge is 0.342 e. The van der Waals surface area contributed by atoms with Crippen LogP contribution in [0.1, 0.15) is 58.1 Å². The molecular weight excluding hydrogens is 364 g/mol. The number of anilines is 1. The van der Waals surface area contributed by atoms with Gasteiger partial charge in [-0.05, 0) is 25.7 Å². The summed E-state index contributed by atoms with van der Waals surface area (Å²) in [5, 5.41) is 0. The fourth-order valence-corrected chi connectivity index (χ4v) is 4.72. The van der Waals surface area contributed by atoms with E-state index in [4.69, 9.17) is 4.98 Å². The first-order chi connectivity index (χ1) is 12.6. The Morgan fingerprint density at radius 2 is 1.81 bits per heavy atom. The van der Waals surface area contributed by atoms with Gasteiger partial charge in [-0.3, -0.25) is 4.79 Å². The number of likely N-dealkylation sites (tertiary alicyclic amines) is 1. The first-order valence-corrected chi connectivity index (χ1v) is 11.6. The Morgan fingerprint density at radius 1 is 1.15 bits per heavy atom. The Balaban J connectivity index is 1.95. The number of amides is 1. The molecule has 1 aromatic heterocycles. The van der Waals surface area contributed by atoms with Crippen molar-refractivity contribution in [3.8, 4) is 0 Å². The Kier molecular flexibility index (Phi) is 5.47. The molecule has 0 aromatic carbocycles. The molecule has 1 aromatic rings. The molecule has 150 valence electrons. The molecule has 0 spiro atoms. The average molecular weight is 395 g/mol. The normalized spacial score (nSPS) is 21.6. The molecule has 0 radical (unpaired) electrons. The Labute approximate surface area is 162 Å². The van der Waals surface area contributed by atoms with Crippen molar-refractivity contribution >= 4 is 21.7 Å². The van der Waals surface area contributed by atoms with Gasteiger partial charge in [-0.25, -0.2) is 18.4 Å². The second-order valence-corrected chi connectivity index (χ2v) is 10.7. The lowest BCUT2D eigenvalue weighted by Gasteiger charge is -2.36. The van der Waals surface area contributed by atoms with Crippen LogP contribution in [0, 0.1) is 5.41 Å². The van der Waals surface area contributed by atoms with Crippen LogP contribution >= 0.6 is 0 Å². The van der Waals surface area contributed by atoms with E-state index in [0.717, 1.165) is 38.8 Å². The van der Waals surface area contributed by atoms with Crippen LogP contribution in [0.3, 0.4) is 0 Å². The van der Waals surface area contributed by atoms with Crippen molar-refractivity contribution in [2.45, 2.75) is 57.3 Å². The molecule has 7 nitrogen and oxygen atoms in total. The van der Waals surface area contributed by atoms with Crippen molar-refractivity contribution < 1.29 is 13.2 Å². The number of sulfone groups is 1. The summed E-state index contributed by atoms with van der Waals surface area (Å²) in [5.74, 6) is 0.621. The van der Waals surface area contributed by atoms with E-state index in [0.29, 0.717) is 24.7 Å². The summed E-state index contributed by atoms with van der Waals surface area (Å²) in [6.07, 6.45) is 6.53. The molecule has 0 N–H and O–H groups in total. The lowest BCUT2D eigenvalue weighted by Crippen LogP contribution is -2.45. The van der Waals surface area contributed by atoms with Crippen LogP contribution in [0.15, 0.2) is 11.1 Å². The van der Waals surface area contributed by atoms with Crippen LogP contribution < -0.4 is 4.90 Å². The van der Waals surface area contributed by atoms with E-state index in [9.17, 15) is 13.2 Å². The lowest BCUT2D eigenvalue weighted by atomic mass is 9.90. The molecular formula is C19H30N4O3S. The van der Waals surface area contributed by atoms with Crippen LogP contribution in [-0.4, -0.2) is 61.6 Å². The molecule has 0 aliphatic carbocycles. The molecule has 2 aliphatic rings. The average Bonchev–Trinajstić information content (AvgIpc) is 3.14. The van der Waals surface area contributed by atoms with Crippen molar-refractivity contribution in [1.82, 2.24) is 14.9 Å². The minimum Gasteiger partial charge on any atom is -0.342 e. The quantitative estimate of drug-likeness (QED) is 0.782. The maximum atomic E-state index is 12.7. The number of carbonyl (C=O) groups is 1. The summed E-state index contributed by atoms with van der Waals surface area (Å²) in [5.41, 5.74) is 0.120. The van der Waals surface area contributed by atoms with Gasteiger partial charge in [0.25, 0.3) is 0 Å². The second kappa shape index (κ2) is 7.37. The van der Waals surface area contributed by atoms with E-state index in [2.05, 4.69) is 9.88 Å². The molecule has 2 aliphatic heterocycles. The van der Waals surface area contributed by atoms with Crippen LogP contribution in [0.4, 0.5) is 5.95 Å². The molecule has 3 heterocycles. The highest BCUT2D eigenvalue weighted by atomic mass is 32.2. The summed E-state index contributed by atoms with van der Waals surface area (Å²) in [6, 6.07) is 0. The van der Waals surface area contributed by atoms with Gasteiger partial charge in [-0.15, -0.1) is 0 Å². The van der Waals surface area contributed by atoms with E-state index in [-0.39, 0.29) is 16.7 Å². The van der Waals surface area contributed by atoms with Crippen LogP contribution in [-0.2, 0) is 14.6 Å². The second-order valence-electron chi connectivity index (χ2n) is 8.73. The molecule has 2 fully saturated rings. The fourth-order valence-electron chi connectivity index (χ4n) is 3.88. The van der Waals surface area contributed by atoms with E-state index in [1.54, 1.807) is 0 Å². The lowest BCUT2D eigenvalue weighted by molar-refractivity contribution is -0.140. The van der Waals surface area contributed by atoms with Gasteiger partial charge < -0.3 is 9.80 Å². The fraction of sp³-hybridized carbons (Fsp3) is 0.737. The smallest absolute Gasteiger partial charge is 0.227 e. The maximum Gasteiger partial charge on any atom is 0.227 e. The van der Waals surface area contributed by atoms with Gasteiger partial charge >= 0.3 is 0 Å². The minimum atomic E-state index is -3.44. The van der Waals surface area contributed by atoms with Gasteiger partial charge in [0, 0.05) is 43.8 Å². The van der Waals surface area contributed by atoms with Crippen LogP contribution in [0.2, 0.25) is 0 Å². The van der Waals surface area contributed by atoms with Crippen molar-refractivity contribution in [2.24, 2.45) is 5.41 Å². The summed E-state index contributed by atoms with van der Waals surface area (Å²) in [4.78, 5) is 25.9. The molecule has 0 bridgehead atoms. The number of aromatic nitrogens is 2. The predicted molar refractivity (Wildman–Crippen MR) is 105 cm³/mol. The van der Waals surface area contributed by atoms with E-state index >= 15 is 0 Å². The molecule has 3 rings (SSSR count). The van der Waals surface area contributed by atoms with Gasteiger partial charge in [0.1, 0.15) is 4.90 Å². The van der Waals surface area contributed by atoms with Gasteiger partial charge in [-0.2, -0.15) is 0 Å². The number of nitrogens with zero attached hydrogens (tertiary/aromatic N) is 4. The molecule has 1 atom stereocenters. The van der Waals surface area contributed by atoms with Crippen molar-refractivity contribution in [3.05, 3.63) is 11.9 Å². The number of hydrogen-bond acceptors (Lipinski definition) is 6. The summed E-state index contributed by atoms with van der Waals surface area (Å²) in [7, 11) is -3.44. The third kappa shape index (κ3) is 4.42. The van der Waals surface area contributed by atoms with Gasteiger partial charge in [-0.1, -0.05) is 20.8 Å². The highest BCUT2D eigenvalue weighted by Crippen LogP contribution is 2.33. The molecule has 0 saturated carbocycles. The van der Waals surface area contributed by atoms with Gasteiger partial charge in [0.2, 0.25) is 11.9 Å². The van der Waals surface area contributed by atoms with E-state index < -0.39 is 15.3 Å². The molecule has 8 heteroatoms. The highest BCUT2D eigenvalue weighted by Gasteiger charge is 2.34. The summed E-state index contributed by atoms with van der Waals surface area (Å²) >= 11 is 0. The molecule has 2 saturated heterocycles. The minimum absolute atomic E-state index is 0.0841. The molecule has 1 unspecified atom stereocenters. The zero-order chi connectivity index (χ0) is 19.8. The third-order valence-electron chi connectivity index (χ3n) is 5.30. The first kappa shape index (κ1) is 20.0. The topological polar surface area (TPSA) is 83.5 Å². The van der Waals surface area contributed by atoms with Crippen LogP contribution in [0.25, 0.3) is 0 Å². The predicted octanol–water partition coefficient (Wildman–Crippen LogP) is 2.23. The van der Waals surface area contributed by atoms with E-state index in [1.807, 2.05) is 25.7 Å². The van der Waals surface area contributed by atoms with Crippen molar-refractivity contribution in [3.63, 3.8) is 0 Å². The number of piperidine rings is 1. The summed E-state index contributed by atoms with van der Waals surface area (Å²) in [6.45, 7) is 8.76. The highest BCUT2D eigenvalue weighted by molar-refractivity contribution is 7.90. The van der Waals surface area contributed by atoms with E-state index in [1.165, 1.54) is 12.5 Å². The van der Waals surface area contributed by atoms with Gasteiger partial charge in [0.15, 0.2) is 9.84 Å². The number of rotatable bonds is 3. The van der Waals surface area contributed by atoms with Crippen molar-refractivity contribution in [2.75, 3.05) is 37.3 Å². The SMILES string of the molecule is CC(C)(C)C(=O)N1CCCC(c2nc(N3CCCC3)ncc2S(C)(=O)=O)C1. The first-order valence-electron chi connectivity index (χ1n) is 9.68. The zero-order valence-electron chi connectivity index (χ0n) is 16.7. The van der Waals surface area contributed by atoms with Crippen molar-refractivity contribution in [1.29, 1.82) is 0 Å². The standard InChI is InChI=1S/C19H30N4O3S/c1-19(2,3)17(24)23-11-7-8-14(13-23)16-15(27(4,25)26)12-20-18(21-16)22-9-5-6-10-22/h12,14H,5-11,13H2,1-4H3. The Morgan fingerprint density at radius 3 is 2.41 bits per heavy atom.